The number of aromatic amines is 1. The molecule has 0 saturated carbocycles. The maximum Gasteiger partial charge on any atom is 0.141 e. The molecule has 96 valence electrons. The maximum atomic E-state index is 14.0. The van der Waals surface area contributed by atoms with Gasteiger partial charge in [0.2, 0.25) is 0 Å². The molecule has 0 radical (unpaired) electrons. The lowest BCUT2D eigenvalue weighted by Gasteiger charge is -2.00. The molecule has 3 aromatic rings. The number of aryl methyl sites for hydroxylation is 3. The van der Waals surface area contributed by atoms with Crippen molar-refractivity contribution in [2.45, 2.75) is 20.8 Å². The third kappa shape index (κ3) is 2.01. The van der Waals surface area contributed by atoms with Gasteiger partial charge in [-0.1, -0.05) is 12.1 Å². The summed E-state index contributed by atoms with van der Waals surface area (Å²) in [6.45, 7) is 5.93. The molecule has 2 aromatic carbocycles. The van der Waals surface area contributed by atoms with Gasteiger partial charge in [0.1, 0.15) is 11.6 Å². The Morgan fingerprint density at radius 1 is 1.00 bits per heavy atom. The Balaban J connectivity index is 2.23. The molecule has 3 rings (SSSR count). The van der Waals surface area contributed by atoms with Crippen LogP contribution in [-0.4, -0.2) is 9.97 Å². The summed E-state index contributed by atoms with van der Waals surface area (Å²) in [6, 6.07) is 9.30. The molecule has 0 aliphatic carbocycles. The first-order valence-electron chi connectivity index (χ1n) is 6.28. The highest BCUT2D eigenvalue weighted by molar-refractivity contribution is 5.83. The Labute approximate surface area is 111 Å². The molecule has 0 aliphatic heterocycles. The smallest absolute Gasteiger partial charge is 0.141 e. The number of aromatic nitrogens is 2. The second-order valence-electron chi connectivity index (χ2n) is 5.05. The fraction of sp³-hybridized carbons (Fsp3) is 0.188. The van der Waals surface area contributed by atoms with E-state index < -0.39 is 0 Å². The van der Waals surface area contributed by atoms with Gasteiger partial charge < -0.3 is 4.98 Å². The van der Waals surface area contributed by atoms with E-state index in [9.17, 15) is 4.39 Å². The van der Waals surface area contributed by atoms with Gasteiger partial charge in [0.25, 0.3) is 0 Å². The summed E-state index contributed by atoms with van der Waals surface area (Å²) < 4.78 is 14.0. The van der Waals surface area contributed by atoms with E-state index in [0.717, 1.165) is 22.2 Å². The number of nitrogens with zero attached hydrogens (tertiary/aromatic N) is 1. The predicted octanol–water partition coefficient (Wildman–Crippen LogP) is 4.29. The first kappa shape index (κ1) is 11.9. The van der Waals surface area contributed by atoms with Gasteiger partial charge in [-0.25, -0.2) is 9.37 Å². The molecule has 1 N–H and O–H groups in total. The van der Waals surface area contributed by atoms with Crippen LogP contribution in [0.25, 0.3) is 22.4 Å². The van der Waals surface area contributed by atoms with E-state index in [1.807, 2.05) is 32.9 Å². The van der Waals surface area contributed by atoms with Gasteiger partial charge in [-0.05, 0) is 55.7 Å². The number of imidazole rings is 1. The van der Waals surface area contributed by atoms with Gasteiger partial charge in [-0.15, -0.1) is 0 Å². The molecule has 0 amide bonds. The summed E-state index contributed by atoms with van der Waals surface area (Å²) in [4.78, 5) is 7.72. The van der Waals surface area contributed by atoms with Crippen LogP contribution in [0.4, 0.5) is 4.39 Å². The zero-order valence-corrected chi connectivity index (χ0v) is 11.2. The van der Waals surface area contributed by atoms with Crippen LogP contribution in [0.1, 0.15) is 16.7 Å². The zero-order chi connectivity index (χ0) is 13.6. The topological polar surface area (TPSA) is 28.7 Å². The molecular formula is C16H15FN2. The maximum absolute atomic E-state index is 14.0. The van der Waals surface area contributed by atoms with Crippen molar-refractivity contribution in [1.82, 2.24) is 9.97 Å². The van der Waals surface area contributed by atoms with Crippen molar-refractivity contribution in [3.63, 3.8) is 0 Å². The number of halogens is 1. The Morgan fingerprint density at radius 2 is 1.79 bits per heavy atom. The van der Waals surface area contributed by atoms with Crippen LogP contribution in [0, 0.1) is 26.6 Å². The van der Waals surface area contributed by atoms with Crippen molar-refractivity contribution >= 4 is 11.0 Å². The lowest BCUT2D eigenvalue weighted by molar-refractivity contribution is 0.629. The van der Waals surface area contributed by atoms with Crippen LogP contribution in [0.5, 0.6) is 0 Å². The van der Waals surface area contributed by atoms with Gasteiger partial charge in [-0.2, -0.15) is 0 Å². The van der Waals surface area contributed by atoms with E-state index >= 15 is 0 Å². The van der Waals surface area contributed by atoms with Gasteiger partial charge in [-0.3, -0.25) is 0 Å². The van der Waals surface area contributed by atoms with E-state index in [1.54, 1.807) is 6.07 Å². The summed E-state index contributed by atoms with van der Waals surface area (Å²) in [5, 5.41) is 0. The Kier molecular flexibility index (Phi) is 2.63. The summed E-state index contributed by atoms with van der Waals surface area (Å²) in [5.41, 5.74) is 5.55. The van der Waals surface area contributed by atoms with E-state index in [-0.39, 0.29) is 5.82 Å². The molecule has 1 aromatic heterocycles. The summed E-state index contributed by atoms with van der Waals surface area (Å²) in [6.07, 6.45) is 0. The van der Waals surface area contributed by atoms with Crippen LogP contribution in [0.3, 0.4) is 0 Å². The summed E-state index contributed by atoms with van der Waals surface area (Å²) >= 11 is 0. The van der Waals surface area contributed by atoms with Crippen molar-refractivity contribution in [2.24, 2.45) is 0 Å². The molecule has 1 heterocycles. The van der Waals surface area contributed by atoms with E-state index in [0.29, 0.717) is 11.4 Å². The molecule has 2 nitrogen and oxygen atoms in total. The first-order chi connectivity index (χ1) is 9.04. The fourth-order valence-corrected chi connectivity index (χ4v) is 2.41. The molecule has 0 saturated heterocycles. The highest BCUT2D eigenvalue weighted by atomic mass is 19.1. The minimum atomic E-state index is -0.242. The number of fused-ring (bicyclic) bond motifs is 1. The fourth-order valence-electron chi connectivity index (χ4n) is 2.41. The number of hydrogen-bond acceptors (Lipinski definition) is 1. The minimum Gasteiger partial charge on any atom is -0.338 e. The van der Waals surface area contributed by atoms with Crippen LogP contribution in [0.15, 0.2) is 30.3 Å². The molecule has 0 atom stereocenters. The van der Waals surface area contributed by atoms with Crippen molar-refractivity contribution in [3.05, 3.63) is 52.8 Å². The highest BCUT2D eigenvalue weighted by Crippen LogP contribution is 2.26. The number of H-pyrrole nitrogens is 1. The average molecular weight is 254 g/mol. The quantitative estimate of drug-likeness (QED) is 0.689. The van der Waals surface area contributed by atoms with Crippen LogP contribution in [0.2, 0.25) is 0 Å². The monoisotopic (exact) mass is 254 g/mol. The van der Waals surface area contributed by atoms with E-state index in [2.05, 4.69) is 16.0 Å². The number of nitrogens with one attached hydrogen (secondary N) is 1. The lowest BCUT2D eigenvalue weighted by atomic mass is 10.1. The van der Waals surface area contributed by atoms with Crippen molar-refractivity contribution in [3.8, 4) is 11.4 Å². The molecular weight excluding hydrogens is 239 g/mol. The van der Waals surface area contributed by atoms with Gasteiger partial charge in [0, 0.05) is 0 Å². The van der Waals surface area contributed by atoms with Crippen molar-refractivity contribution < 1.29 is 4.39 Å². The molecule has 3 heteroatoms. The average Bonchev–Trinajstić information content (AvgIpc) is 2.72. The number of hydrogen-bond donors (Lipinski definition) is 1. The Morgan fingerprint density at radius 3 is 2.53 bits per heavy atom. The standard InChI is InChI=1S/C16H15FN2/c1-9-4-5-12(13(17)7-9)16-18-14-8-10(2)6-11(3)15(14)19-16/h4-8H,1-3H3,(H,18,19). The van der Waals surface area contributed by atoms with Crippen molar-refractivity contribution in [1.29, 1.82) is 0 Å². The predicted molar refractivity (Wildman–Crippen MR) is 75.7 cm³/mol. The van der Waals surface area contributed by atoms with Crippen LogP contribution < -0.4 is 0 Å². The third-order valence-corrected chi connectivity index (χ3v) is 3.30. The third-order valence-electron chi connectivity index (χ3n) is 3.30. The number of benzene rings is 2. The Hall–Kier alpha value is -2.16. The minimum absolute atomic E-state index is 0.242. The van der Waals surface area contributed by atoms with Gasteiger partial charge in [0.15, 0.2) is 0 Å². The largest absolute Gasteiger partial charge is 0.338 e. The number of rotatable bonds is 1. The molecule has 0 unspecified atom stereocenters. The summed E-state index contributed by atoms with van der Waals surface area (Å²) in [5.74, 6) is 0.342. The van der Waals surface area contributed by atoms with Crippen molar-refractivity contribution in [2.75, 3.05) is 0 Å². The molecule has 19 heavy (non-hydrogen) atoms. The second kappa shape index (κ2) is 4.19. The second-order valence-corrected chi connectivity index (χ2v) is 5.05. The highest BCUT2D eigenvalue weighted by Gasteiger charge is 2.11. The normalized spacial score (nSPS) is 11.2. The van der Waals surface area contributed by atoms with Crippen LogP contribution >= 0.6 is 0 Å². The molecule has 0 bridgehead atoms. The molecule has 0 aliphatic rings. The van der Waals surface area contributed by atoms with E-state index in [4.69, 9.17) is 0 Å². The lowest BCUT2D eigenvalue weighted by Crippen LogP contribution is -1.87. The summed E-state index contributed by atoms with van der Waals surface area (Å²) in [7, 11) is 0. The van der Waals surface area contributed by atoms with Crippen LogP contribution in [-0.2, 0) is 0 Å². The Bertz CT molecular complexity index is 772. The van der Waals surface area contributed by atoms with Gasteiger partial charge >= 0.3 is 0 Å². The first-order valence-corrected chi connectivity index (χ1v) is 6.28. The zero-order valence-electron chi connectivity index (χ0n) is 11.2. The SMILES string of the molecule is Cc1ccc(-c2nc3c(C)cc(C)cc3[nH]2)c(F)c1. The van der Waals surface area contributed by atoms with Gasteiger partial charge in [0.05, 0.1) is 16.6 Å². The molecule has 0 fully saturated rings. The molecule has 0 spiro atoms. The van der Waals surface area contributed by atoms with E-state index in [1.165, 1.54) is 11.6 Å².